The van der Waals surface area contributed by atoms with Gasteiger partial charge in [0, 0.05) is 56.5 Å². The fourth-order valence-corrected chi connectivity index (χ4v) is 5.66. The Hall–Kier alpha value is -2.28. The first-order valence-electron chi connectivity index (χ1n) is 12.5. The molecule has 0 bridgehead atoms. The second kappa shape index (κ2) is 9.76. The number of benzene rings is 1. The molecule has 1 aromatic heterocycles. The van der Waals surface area contributed by atoms with Crippen LogP contribution >= 0.6 is 0 Å². The molecular formula is C28H39N3O3. The maximum atomic E-state index is 12.4. The van der Waals surface area contributed by atoms with Gasteiger partial charge in [-0.1, -0.05) is 45.0 Å². The summed E-state index contributed by atoms with van der Waals surface area (Å²) in [6.45, 7) is 11.7. The number of carbonyl (C=O) groups is 1. The highest BCUT2D eigenvalue weighted by Crippen LogP contribution is 2.50. The first-order chi connectivity index (χ1) is 16.1. The average Bonchev–Trinajstić information content (AvgIpc) is 2.81. The van der Waals surface area contributed by atoms with Gasteiger partial charge < -0.3 is 19.6 Å². The Kier molecular flexibility index (Phi) is 7.13. The van der Waals surface area contributed by atoms with Gasteiger partial charge in [-0.15, -0.1) is 0 Å². The van der Waals surface area contributed by atoms with Crippen LogP contribution in [0.3, 0.4) is 0 Å². The van der Waals surface area contributed by atoms with Crippen LogP contribution in [-0.4, -0.2) is 65.1 Å². The van der Waals surface area contributed by atoms with Crippen molar-refractivity contribution in [3.63, 3.8) is 0 Å². The van der Waals surface area contributed by atoms with Crippen LogP contribution in [0.1, 0.15) is 68.7 Å². The lowest BCUT2D eigenvalue weighted by Crippen LogP contribution is -2.63. The Morgan fingerprint density at radius 3 is 2.38 bits per heavy atom. The van der Waals surface area contributed by atoms with E-state index in [0.717, 1.165) is 55.7 Å². The van der Waals surface area contributed by atoms with Crippen LogP contribution in [0.25, 0.3) is 0 Å². The van der Waals surface area contributed by atoms with Gasteiger partial charge in [0.25, 0.3) is 0 Å². The van der Waals surface area contributed by atoms with E-state index in [1.807, 2.05) is 11.1 Å². The number of likely N-dealkylation sites (tertiary alicyclic amines) is 2. The number of hydrogen-bond acceptors (Lipinski definition) is 5. The molecule has 1 amide bonds. The molecule has 0 radical (unpaired) electrons. The SMILES string of the molecule is CC(=O)N1CCC(OCc2cncc(C(O)(c3ccc(C(C)C)cc3)C3(C)CN(C)C3)c2)CC1. The van der Waals surface area contributed by atoms with E-state index in [9.17, 15) is 9.90 Å². The van der Waals surface area contributed by atoms with E-state index in [1.165, 1.54) is 5.56 Å². The molecule has 6 nitrogen and oxygen atoms in total. The molecule has 2 aliphatic rings. The van der Waals surface area contributed by atoms with Gasteiger partial charge in [0.1, 0.15) is 5.60 Å². The van der Waals surface area contributed by atoms with E-state index in [-0.39, 0.29) is 17.4 Å². The summed E-state index contributed by atoms with van der Waals surface area (Å²) in [5.41, 5.74) is 2.47. The van der Waals surface area contributed by atoms with Gasteiger partial charge in [0.15, 0.2) is 0 Å². The van der Waals surface area contributed by atoms with Crippen LogP contribution in [0.5, 0.6) is 0 Å². The molecule has 0 spiro atoms. The summed E-state index contributed by atoms with van der Waals surface area (Å²) in [6, 6.07) is 10.5. The summed E-state index contributed by atoms with van der Waals surface area (Å²) in [6.07, 6.45) is 5.46. The minimum Gasteiger partial charge on any atom is -0.380 e. The first kappa shape index (κ1) is 24.8. The number of ether oxygens (including phenoxy) is 1. The van der Waals surface area contributed by atoms with Gasteiger partial charge in [-0.3, -0.25) is 9.78 Å². The number of hydrogen-bond donors (Lipinski definition) is 1. The van der Waals surface area contributed by atoms with Gasteiger partial charge in [-0.05, 0) is 48.6 Å². The van der Waals surface area contributed by atoms with Crippen LogP contribution in [0.2, 0.25) is 0 Å². The summed E-state index contributed by atoms with van der Waals surface area (Å²) < 4.78 is 6.19. The van der Waals surface area contributed by atoms with Crippen molar-refractivity contribution in [1.82, 2.24) is 14.8 Å². The smallest absolute Gasteiger partial charge is 0.219 e. The monoisotopic (exact) mass is 465 g/mol. The lowest BCUT2D eigenvalue weighted by Gasteiger charge is -2.56. The van der Waals surface area contributed by atoms with Crippen LogP contribution in [-0.2, 0) is 21.7 Å². The lowest BCUT2D eigenvalue weighted by atomic mass is 9.62. The zero-order valence-corrected chi connectivity index (χ0v) is 21.3. The lowest BCUT2D eigenvalue weighted by molar-refractivity contribution is -0.131. The summed E-state index contributed by atoms with van der Waals surface area (Å²) in [4.78, 5) is 20.2. The maximum absolute atomic E-state index is 12.4. The number of nitrogens with zero attached hydrogens (tertiary/aromatic N) is 3. The molecule has 34 heavy (non-hydrogen) atoms. The highest BCUT2D eigenvalue weighted by atomic mass is 16.5. The number of aromatic nitrogens is 1. The number of rotatable bonds is 7. The Morgan fingerprint density at radius 1 is 1.18 bits per heavy atom. The van der Waals surface area contributed by atoms with Crippen molar-refractivity contribution in [2.75, 3.05) is 33.2 Å². The fourth-order valence-electron chi connectivity index (χ4n) is 5.66. The van der Waals surface area contributed by atoms with Crippen LogP contribution in [0.4, 0.5) is 0 Å². The third-order valence-corrected chi connectivity index (χ3v) is 7.69. The van der Waals surface area contributed by atoms with Crippen LogP contribution in [0.15, 0.2) is 42.7 Å². The molecule has 184 valence electrons. The van der Waals surface area contributed by atoms with Crippen molar-refractivity contribution >= 4 is 5.91 Å². The van der Waals surface area contributed by atoms with Gasteiger partial charge in [-0.2, -0.15) is 0 Å². The first-order valence-corrected chi connectivity index (χ1v) is 12.5. The molecule has 2 fully saturated rings. The third kappa shape index (κ3) is 4.77. The van der Waals surface area contributed by atoms with E-state index in [4.69, 9.17) is 4.74 Å². The molecular weight excluding hydrogens is 426 g/mol. The molecule has 3 heterocycles. The molecule has 4 rings (SSSR count). The van der Waals surface area contributed by atoms with Crippen molar-refractivity contribution in [2.24, 2.45) is 5.41 Å². The largest absolute Gasteiger partial charge is 0.380 e. The third-order valence-electron chi connectivity index (χ3n) is 7.69. The molecule has 0 saturated carbocycles. The maximum Gasteiger partial charge on any atom is 0.219 e. The molecule has 2 aromatic rings. The topological polar surface area (TPSA) is 65.9 Å². The quantitative estimate of drug-likeness (QED) is 0.671. The second-order valence-corrected chi connectivity index (χ2v) is 10.8. The predicted molar refractivity (Wildman–Crippen MR) is 133 cm³/mol. The van der Waals surface area contributed by atoms with E-state index in [2.05, 4.69) is 68.0 Å². The summed E-state index contributed by atoms with van der Waals surface area (Å²) in [5.74, 6) is 0.572. The van der Waals surface area contributed by atoms with E-state index in [0.29, 0.717) is 12.5 Å². The van der Waals surface area contributed by atoms with Crippen molar-refractivity contribution < 1.29 is 14.6 Å². The second-order valence-electron chi connectivity index (χ2n) is 10.8. The highest BCUT2D eigenvalue weighted by molar-refractivity contribution is 5.73. The predicted octanol–water partition coefficient (Wildman–Crippen LogP) is 3.92. The number of carbonyl (C=O) groups excluding carboxylic acids is 1. The minimum atomic E-state index is -1.15. The van der Waals surface area contributed by atoms with Gasteiger partial charge >= 0.3 is 0 Å². The zero-order valence-electron chi connectivity index (χ0n) is 21.3. The van der Waals surface area contributed by atoms with Crippen molar-refractivity contribution in [3.05, 3.63) is 65.0 Å². The number of aliphatic hydroxyl groups is 1. The Balaban J connectivity index is 1.56. The van der Waals surface area contributed by atoms with Crippen molar-refractivity contribution in [3.8, 4) is 0 Å². The van der Waals surface area contributed by atoms with Gasteiger partial charge in [0.2, 0.25) is 5.91 Å². The number of piperidine rings is 1. The molecule has 1 unspecified atom stereocenters. The molecule has 6 heteroatoms. The molecule has 1 atom stereocenters. The average molecular weight is 466 g/mol. The van der Waals surface area contributed by atoms with Crippen LogP contribution < -0.4 is 0 Å². The van der Waals surface area contributed by atoms with Gasteiger partial charge in [-0.25, -0.2) is 0 Å². The van der Waals surface area contributed by atoms with Gasteiger partial charge in [0.05, 0.1) is 12.7 Å². The summed E-state index contributed by atoms with van der Waals surface area (Å²) >= 11 is 0. The standard InChI is InChI=1S/C28H39N3O3/c1-20(2)23-6-8-24(9-7-23)28(33,27(4)18-30(5)19-27)25-14-22(15-29-16-25)17-34-26-10-12-31(13-11-26)21(3)32/h6-9,14-16,20,26,33H,10-13,17-19H2,1-5H3. The highest BCUT2D eigenvalue weighted by Gasteiger charge is 2.55. The molecule has 1 aromatic carbocycles. The number of amides is 1. The van der Waals surface area contributed by atoms with E-state index in [1.54, 1.807) is 13.1 Å². The molecule has 2 saturated heterocycles. The molecule has 0 aliphatic carbocycles. The summed E-state index contributed by atoms with van der Waals surface area (Å²) in [5, 5.41) is 12.4. The van der Waals surface area contributed by atoms with Crippen molar-refractivity contribution in [2.45, 2.75) is 64.8 Å². The normalized spacial score (nSPS) is 20.7. The Labute approximate surface area is 203 Å². The fraction of sp³-hybridized carbons (Fsp3) is 0.571. The molecule has 1 N–H and O–H groups in total. The van der Waals surface area contributed by atoms with Crippen molar-refractivity contribution in [1.29, 1.82) is 0 Å². The Morgan fingerprint density at radius 2 is 1.82 bits per heavy atom. The minimum absolute atomic E-state index is 0.131. The van der Waals surface area contributed by atoms with E-state index >= 15 is 0 Å². The summed E-state index contributed by atoms with van der Waals surface area (Å²) in [7, 11) is 2.09. The zero-order chi connectivity index (χ0) is 24.5. The Bertz CT molecular complexity index is 992. The van der Waals surface area contributed by atoms with Crippen LogP contribution in [0, 0.1) is 5.41 Å². The van der Waals surface area contributed by atoms with E-state index < -0.39 is 5.60 Å². The molecule has 2 aliphatic heterocycles. The number of pyridine rings is 1.